The largest absolute Gasteiger partial charge is 0.416 e. The Labute approximate surface area is 97.0 Å². The fourth-order valence-electron chi connectivity index (χ4n) is 1.68. The lowest BCUT2D eigenvalue weighted by molar-refractivity contribution is 0.390. The van der Waals surface area contributed by atoms with E-state index in [2.05, 4.69) is 40.0 Å². The summed E-state index contributed by atoms with van der Waals surface area (Å²) in [5.74, 6) is 1.54. The van der Waals surface area contributed by atoms with Crippen molar-refractivity contribution in [3.8, 4) is 0 Å². The first-order valence-electron chi connectivity index (χ1n) is 6.14. The van der Waals surface area contributed by atoms with Crippen molar-refractivity contribution in [2.75, 3.05) is 7.11 Å². The molecule has 0 rings (SSSR count). The van der Waals surface area contributed by atoms with E-state index in [1.54, 1.807) is 0 Å². The Morgan fingerprint density at radius 1 is 1.07 bits per heavy atom. The van der Waals surface area contributed by atoms with E-state index < -0.39 is 8.32 Å². The first-order chi connectivity index (χ1) is 6.95. The Hall–Kier alpha value is -0.0831. The maximum atomic E-state index is 5.81. The molecule has 0 radical (unpaired) electrons. The SMILES string of the molecule is C=C[Si](CCC(C)C)(CCC(C)C)OC. The molecule has 0 aliphatic carbocycles. The molecule has 0 fully saturated rings. The summed E-state index contributed by atoms with van der Waals surface area (Å²) in [7, 11) is 0.264. The molecule has 0 bridgehead atoms. The summed E-state index contributed by atoms with van der Waals surface area (Å²) in [6, 6.07) is 2.47. The summed E-state index contributed by atoms with van der Waals surface area (Å²) in [5, 5.41) is 0. The summed E-state index contributed by atoms with van der Waals surface area (Å²) < 4.78 is 5.81. The standard InChI is InChI=1S/C13H28OSi/c1-7-15(14-6,10-8-12(2)3)11-9-13(4)5/h7,12-13H,1,8-11H2,2-6H3. The van der Waals surface area contributed by atoms with Gasteiger partial charge in [0.25, 0.3) is 0 Å². The maximum Gasteiger partial charge on any atom is 0.216 e. The van der Waals surface area contributed by atoms with Gasteiger partial charge in [-0.3, -0.25) is 0 Å². The second kappa shape index (κ2) is 7.23. The molecular weight excluding hydrogens is 200 g/mol. The van der Waals surface area contributed by atoms with Gasteiger partial charge >= 0.3 is 0 Å². The van der Waals surface area contributed by atoms with Gasteiger partial charge in [0.1, 0.15) is 0 Å². The molecule has 90 valence electrons. The predicted molar refractivity (Wildman–Crippen MR) is 71.5 cm³/mol. The molecule has 0 heterocycles. The van der Waals surface area contributed by atoms with Crippen molar-refractivity contribution in [1.82, 2.24) is 0 Å². The Morgan fingerprint density at radius 2 is 1.47 bits per heavy atom. The van der Waals surface area contributed by atoms with E-state index >= 15 is 0 Å². The zero-order valence-electron chi connectivity index (χ0n) is 11.2. The van der Waals surface area contributed by atoms with Crippen molar-refractivity contribution in [3.63, 3.8) is 0 Å². The van der Waals surface area contributed by atoms with Crippen molar-refractivity contribution in [2.45, 2.75) is 52.6 Å². The lowest BCUT2D eigenvalue weighted by Crippen LogP contribution is -2.35. The Kier molecular flexibility index (Phi) is 7.19. The van der Waals surface area contributed by atoms with Gasteiger partial charge in [-0.2, -0.15) is 0 Å². The molecule has 0 unspecified atom stereocenters. The monoisotopic (exact) mass is 228 g/mol. The van der Waals surface area contributed by atoms with E-state index in [9.17, 15) is 0 Å². The number of hydrogen-bond acceptors (Lipinski definition) is 1. The van der Waals surface area contributed by atoms with Crippen molar-refractivity contribution in [3.05, 3.63) is 12.3 Å². The Morgan fingerprint density at radius 3 is 1.67 bits per heavy atom. The van der Waals surface area contributed by atoms with Crippen LogP contribution in [-0.4, -0.2) is 15.4 Å². The highest BCUT2D eigenvalue weighted by Crippen LogP contribution is 2.25. The molecule has 2 heteroatoms. The smallest absolute Gasteiger partial charge is 0.216 e. The number of hydrogen-bond donors (Lipinski definition) is 0. The predicted octanol–water partition coefficient (Wildman–Crippen LogP) is 4.40. The van der Waals surface area contributed by atoms with Gasteiger partial charge in [-0.1, -0.05) is 46.2 Å². The van der Waals surface area contributed by atoms with E-state index in [4.69, 9.17) is 4.43 Å². The van der Waals surface area contributed by atoms with Crippen LogP contribution in [0.2, 0.25) is 12.1 Å². The van der Waals surface area contributed by atoms with Crippen LogP contribution >= 0.6 is 0 Å². The zero-order chi connectivity index (χ0) is 11.9. The first-order valence-corrected chi connectivity index (χ1v) is 8.54. The zero-order valence-corrected chi connectivity index (χ0v) is 12.2. The van der Waals surface area contributed by atoms with Gasteiger partial charge in [-0.25, -0.2) is 0 Å². The molecule has 0 saturated carbocycles. The topological polar surface area (TPSA) is 9.23 Å². The van der Waals surface area contributed by atoms with Gasteiger partial charge in [0.2, 0.25) is 8.32 Å². The molecule has 0 atom stereocenters. The molecule has 1 nitrogen and oxygen atoms in total. The minimum absolute atomic E-state index is 0.769. The van der Waals surface area contributed by atoms with E-state index in [-0.39, 0.29) is 0 Å². The molecule has 0 spiro atoms. The Bertz CT molecular complexity index is 163. The third-order valence-electron chi connectivity index (χ3n) is 3.07. The fraction of sp³-hybridized carbons (Fsp3) is 0.846. The van der Waals surface area contributed by atoms with Crippen LogP contribution in [0.5, 0.6) is 0 Å². The first kappa shape index (κ1) is 14.9. The Balaban J connectivity index is 4.23. The lowest BCUT2D eigenvalue weighted by Gasteiger charge is -2.27. The van der Waals surface area contributed by atoms with E-state index in [1.807, 2.05) is 7.11 Å². The van der Waals surface area contributed by atoms with Crippen LogP contribution in [-0.2, 0) is 4.43 Å². The quantitative estimate of drug-likeness (QED) is 0.560. The molecule has 0 aromatic heterocycles. The van der Waals surface area contributed by atoms with E-state index in [1.165, 1.54) is 24.9 Å². The van der Waals surface area contributed by atoms with Crippen LogP contribution in [0.25, 0.3) is 0 Å². The molecular formula is C13H28OSi. The van der Waals surface area contributed by atoms with Crippen LogP contribution in [0.4, 0.5) is 0 Å². The average Bonchev–Trinajstić information content (AvgIpc) is 2.19. The van der Waals surface area contributed by atoms with Gasteiger partial charge in [-0.15, -0.1) is 6.58 Å². The summed E-state index contributed by atoms with van der Waals surface area (Å²) in [5.41, 5.74) is 2.14. The van der Waals surface area contributed by atoms with Gasteiger partial charge in [0, 0.05) is 7.11 Å². The lowest BCUT2D eigenvalue weighted by atomic mass is 10.2. The molecule has 0 aromatic rings. The van der Waals surface area contributed by atoms with Gasteiger partial charge in [0.05, 0.1) is 0 Å². The van der Waals surface area contributed by atoms with Crippen molar-refractivity contribution in [1.29, 1.82) is 0 Å². The van der Waals surface area contributed by atoms with Crippen LogP contribution in [0.1, 0.15) is 40.5 Å². The fourth-order valence-corrected chi connectivity index (χ4v) is 5.05. The molecule has 0 amide bonds. The minimum atomic E-state index is -1.61. The highest BCUT2D eigenvalue weighted by Gasteiger charge is 2.29. The van der Waals surface area contributed by atoms with Crippen LogP contribution in [0, 0.1) is 11.8 Å². The molecule has 0 N–H and O–H groups in total. The summed E-state index contributed by atoms with van der Waals surface area (Å²) >= 11 is 0. The summed E-state index contributed by atoms with van der Waals surface area (Å²) in [6.07, 6.45) is 2.54. The third kappa shape index (κ3) is 6.16. The second-order valence-corrected chi connectivity index (χ2v) is 9.28. The van der Waals surface area contributed by atoms with Crippen LogP contribution in [0.15, 0.2) is 12.3 Å². The van der Waals surface area contributed by atoms with Gasteiger partial charge in [0.15, 0.2) is 0 Å². The molecule has 0 aliphatic heterocycles. The van der Waals surface area contributed by atoms with Crippen molar-refractivity contribution in [2.24, 2.45) is 11.8 Å². The normalized spacial score (nSPS) is 12.5. The number of rotatable bonds is 8. The molecule has 0 aliphatic rings. The molecule has 0 saturated heterocycles. The maximum absolute atomic E-state index is 5.81. The highest BCUT2D eigenvalue weighted by atomic mass is 28.4. The third-order valence-corrected chi connectivity index (χ3v) is 6.90. The minimum Gasteiger partial charge on any atom is -0.416 e. The van der Waals surface area contributed by atoms with Crippen molar-refractivity contribution >= 4 is 8.32 Å². The van der Waals surface area contributed by atoms with Crippen LogP contribution < -0.4 is 0 Å². The van der Waals surface area contributed by atoms with Gasteiger partial charge < -0.3 is 4.43 Å². The molecule has 15 heavy (non-hydrogen) atoms. The van der Waals surface area contributed by atoms with Crippen LogP contribution in [0.3, 0.4) is 0 Å². The summed E-state index contributed by atoms with van der Waals surface area (Å²) in [4.78, 5) is 0. The van der Waals surface area contributed by atoms with E-state index in [0.29, 0.717) is 0 Å². The molecule has 0 aromatic carbocycles. The van der Waals surface area contributed by atoms with Gasteiger partial charge in [-0.05, 0) is 23.9 Å². The average molecular weight is 228 g/mol. The second-order valence-electron chi connectivity index (χ2n) is 5.34. The van der Waals surface area contributed by atoms with E-state index in [0.717, 1.165) is 11.8 Å². The summed E-state index contributed by atoms with van der Waals surface area (Å²) in [6.45, 7) is 13.1. The highest BCUT2D eigenvalue weighted by molar-refractivity contribution is 6.78. The van der Waals surface area contributed by atoms with Crippen molar-refractivity contribution < 1.29 is 4.43 Å².